The van der Waals surface area contributed by atoms with Crippen molar-refractivity contribution in [3.63, 3.8) is 0 Å². The first-order valence-electron chi connectivity index (χ1n) is 8.42. The quantitative estimate of drug-likeness (QED) is 0.522. The van der Waals surface area contributed by atoms with E-state index >= 15 is 0 Å². The zero-order chi connectivity index (χ0) is 17.9. The molecule has 1 atom stereocenters. The summed E-state index contributed by atoms with van der Waals surface area (Å²) in [5.74, 6) is 0. The standard InChI is InChI=1S/C20H19N5S/c1-14(26-20-24-21-13-25(20)2)16-9-6-10-17(11-16)19-12-18(22-23-19)15-7-4-3-5-8-15/h3-14H,1-2H3,(H,22,23)/t14-/m1/s1. The Kier molecular flexibility index (Phi) is 4.58. The molecule has 0 saturated heterocycles. The van der Waals surface area contributed by atoms with Crippen LogP contribution >= 0.6 is 11.8 Å². The van der Waals surface area contributed by atoms with Crippen molar-refractivity contribution in [2.75, 3.05) is 0 Å². The van der Waals surface area contributed by atoms with E-state index in [9.17, 15) is 0 Å². The number of hydrogen-bond donors (Lipinski definition) is 1. The number of benzene rings is 2. The van der Waals surface area contributed by atoms with Gasteiger partial charge in [0, 0.05) is 17.9 Å². The SMILES string of the molecule is C[C@@H](Sc1nncn1C)c1cccc(-c2cc(-c3ccccc3)[nH]n2)c1. The third kappa shape index (κ3) is 3.41. The Hall–Kier alpha value is -2.86. The highest BCUT2D eigenvalue weighted by Gasteiger charge is 2.13. The Morgan fingerprint density at radius 3 is 2.58 bits per heavy atom. The minimum absolute atomic E-state index is 0.269. The van der Waals surface area contributed by atoms with Crippen LogP contribution < -0.4 is 0 Å². The molecule has 26 heavy (non-hydrogen) atoms. The van der Waals surface area contributed by atoms with Gasteiger partial charge in [-0.25, -0.2) is 0 Å². The molecule has 0 aliphatic heterocycles. The van der Waals surface area contributed by atoms with Crippen molar-refractivity contribution >= 4 is 11.8 Å². The van der Waals surface area contributed by atoms with E-state index in [4.69, 9.17) is 0 Å². The monoisotopic (exact) mass is 361 g/mol. The third-order valence-corrected chi connectivity index (χ3v) is 5.47. The highest BCUT2D eigenvalue weighted by Crippen LogP contribution is 2.35. The topological polar surface area (TPSA) is 59.4 Å². The molecule has 0 fully saturated rings. The molecule has 2 aromatic heterocycles. The van der Waals surface area contributed by atoms with Crippen LogP contribution in [-0.2, 0) is 7.05 Å². The second-order valence-corrected chi connectivity index (χ2v) is 7.45. The maximum atomic E-state index is 4.49. The Balaban J connectivity index is 1.58. The number of hydrogen-bond acceptors (Lipinski definition) is 4. The van der Waals surface area contributed by atoms with Gasteiger partial charge in [0.2, 0.25) is 0 Å². The van der Waals surface area contributed by atoms with Crippen LogP contribution in [0.4, 0.5) is 0 Å². The van der Waals surface area contributed by atoms with E-state index in [1.807, 2.05) is 29.8 Å². The molecule has 0 aliphatic carbocycles. The average Bonchev–Trinajstić information content (AvgIpc) is 3.32. The van der Waals surface area contributed by atoms with Crippen molar-refractivity contribution in [2.45, 2.75) is 17.3 Å². The summed E-state index contributed by atoms with van der Waals surface area (Å²) in [6.07, 6.45) is 1.72. The van der Waals surface area contributed by atoms with Gasteiger partial charge in [0.1, 0.15) is 6.33 Å². The molecule has 0 aliphatic rings. The minimum atomic E-state index is 0.269. The van der Waals surface area contributed by atoms with Gasteiger partial charge in [-0.05, 0) is 30.2 Å². The summed E-state index contributed by atoms with van der Waals surface area (Å²) >= 11 is 1.70. The molecular formula is C20H19N5S. The summed E-state index contributed by atoms with van der Waals surface area (Å²) < 4.78 is 1.94. The van der Waals surface area contributed by atoms with Gasteiger partial charge in [-0.2, -0.15) is 5.10 Å². The van der Waals surface area contributed by atoms with Gasteiger partial charge in [-0.1, -0.05) is 60.3 Å². The van der Waals surface area contributed by atoms with Crippen LogP contribution in [0.2, 0.25) is 0 Å². The van der Waals surface area contributed by atoms with Crippen LogP contribution in [0, 0.1) is 0 Å². The van der Waals surface area contributed by atoms with Crippen LogP contribution in [0.3, 0.4) is 0 Å². The van der Waals surface area contributed by atoms with E-state index in [-0.39, 0.29) is 5.25 Å². The predicted octanol–water partition coefficient (Wildman–Crippen LogP) is 4.73. The first-order chi connectivity index (χ1) is 12.7. The number of nitrogens with zero attached hydrogens (tertiary/aromatic N) is 4. The molecule has 4 aromatic rings. The van der Waals surface area contributed by atoms with E-state index in [0.29, 0.717) is 0 Å². The lowest BCUT2D eigenvalue weighted by Crippen LogP contribution is -1.94. The zero-order valence-electron chi connectivity index (χ0n) is 14.6. The molecule has 0 unspecified atom stereocenters. The van der Waals surface area contributed by atoms with Gasteiger partial charge in [0.05, 0.1) is 11.4 Å². The van der Waals surface area contributed by atoms with Crippen LogP contribution in [0.15, 0.2) is 72.1 Å². The van der Waals surface area contributed by atoms with Crippen LogP contribution in [0.25, 0.3) is 22.5 Å². The Morgan fingerprint density at radius 2 is 1.81 bits per heavy atom. The largest absolute Gasteiger partial charge is 0.312 e. The molecule has 1 N–H and O–H groups in total. The summed E-state index contributed by atoms with van der Waals surface area (Å²) in [5.41, 5.74) is 5.44. The van der Waals surface area contributed by atoms with E-state index in [1.165, 1.54) is 5.56 Å². The molecule has 2 aromatic carbocycles. The van der Waals surface area contributed by atoms with E-state index in [1.54, 1.807) is 18.1 Å². The second kappa shape index (κ2) is 7.17. The molecule has 2 heterocycles. The molecule has 0 bridgehead atoms. The Morgan fingerprint density at radius 1 is 1.00 bits per heavy atom. The van der Waals surface area contributed by atoms with Gasteiger partial charge in [0.25, 0.3) is 0 Å². The fourth-order valence-corrected chi connectivity index (χ4v) is 3.70. The number of aryl methyl sites for hydroxylation is 1. The summed E-state index contributed by atoms with van der Waals surface area (Å²) in [6, 6.07) is 20.8. The number of nitrogens with one attached hydrogen (secondary N) is 1. The van der Waals surface area contributed by atoms with Crippen LogP contribution in [-0.4, -0.2) is 25.0 Å². The molecule has 130 valence electrons. The van der Waals surface area contributed by atoms with Gasteiger partial charge in [-0.15, -0.1) is 10.2 Å². The van der Waals surface area contributed by atoms with Crippen molar-refractivity contribution in [2.24, 2.45) is 7.05 Å². The molecule has 5 nitrogen and oxygen atoms in total. The molecule has 0 spiro atoms. The third-order valence-electron chi connectivity index (χ3n) is 4.27. The highest BCUT2D eigenvalue weighted by atomic mass is 32.2. The van der Waals surface area contributed by atoms with E-state index in [2.05, 4.69) is 69.8 Å². The number of aromatic nitrogens is 5. The minimum Gasteiger partial charge on any atom is -0.312 e. The average molecular weight is 361 g/mol. The normalized spacial score (nSPS) is 12.2. The molecule has 6 heteroatoms. The maximum Gasteiger partial charge on any atom is 0.191 e. The number of H-pyrrole nitrogens is 1. The van der Waals surface area contributed by atoms with Gasteiger partial charge in [-0.3, -0.25) is 5.10 Å². The van der Waals surface area contributed by atoms with Crippen molar-refractivity contribution < 1.29 is 0 Å². The number of aromatic amines is 1. The Labute approximate surface area is 156 Å². The second-order valence-electron chi connectivity index (χ2n) is 6.14. The summed E-state index contributed by atoms with van der Waals surface area (Å²) in [7, 11) is 1.96. The number of thioether (sulfide) groups is 1. The molecule has 4 rings (SSSR count). The fraction of sp³-hybridized carbons (Fsp3) is 0.150. The molecular weight excluding hydrogens is 342 g/mol. The summed E-state index contributed by atoms with van der Waals surface area (Å²) in [5, 5.41) is 16.9. The molecule has 0 amide bonds. The first kappa shape index (κ1) is 16.6. The zero-order valence-corrected chi connectivity index (χ0v) is 15.4. The lowest BCUT2D eigenvalue weighted by atomic mass is 10.1. The van der Waals surface area contributed by atoms with E-state index < -0.39 is 0 Å². The smallest absolute Gasteiger partial charge is 0.191 e. The number of rotatable bonds is 5. The van der Waals surface area contributed by atoms with Gasteiger partial charge in [0.15, 0.2) is 5.16 Å². The summed E-state index contributed by atoms with van der Waals surface area (Å²) in [6.45, 7) is 2.18. The van der Waals surface area contributed by atoms with Crippen molar-refractivity contribution in [1.82, 2.24) is 25.0 Å². The lowest BCUT2D eigenvalue weighted by Gasteiger charge is -2.11. The highest BCUT2D eigenvalue weighted by molar-refractivity contribution is 7.99. The Bertz CT molecular complexity index is 1010. The fourth-order valence-electron chi connectivity index (χ4n) is 2.79. The molecule has 0 radical (unpaired) electrons. The van der Waals surface area contributed by atoms with Crippen molar-refractivity contribution in [1.29, 1.82) is 0 Å². The van der Waals surface area contributed by atoms with Crippen molar-refractivity contribution in [3.05, 3.63) is 72.6 Å². The van der Waals surface area contributed by atoms with Gasteiger partial charge >= 0.3 is 0 Å². The van der Waals surface area contributed by atoms with Crippen LogP contribution in [0.1, 0.15) is 17.7 Å². The van der Waals surface area contributed by atoms with E-state index in [0.717, 1.165) is 27.7 Å². The molecule has 0 saturated carbocycles. The van der Waals surface area contributed by atoms with Crippen molar-refractivity contribution in [3.8, 4) is 22.5 Å². The first-order valence-corrected chi connectivity index (χ1v) is 9.30. The predicted molar refractivity (Wildman–Crippen MR) is 105 cm³/mol. The lowest BCUT2D eigenvalue weighted by molar-refractivity contribution is 0.785. The van der Waals surface area contributed by atoms with Gasteiger partial charge < -0.3 is 4.57 Å². The summed E-state index contributed by atoms with van der Waals surface area (Å²) in [4.78, 5) is 0. The maximum absolute atomic E-state index is 4.49. The van der Waals surface area contributed by atoms with Crippen LogP contribution in [0.5, 0.6) is 0 Å².